The molecule has 0 unspecified atom stereocenters. The molecule has 1 N–H and O–H groups in total. The first-order chi connectivity index (χ1) is 9.72. The Morgan fingerprint density at radius 2 is 2.20 bits per heavy atom. The smallest absolute Gasteiger partial charge is 0.247 e. The van der Waals surface area contributed by atoms with Crippen molar-refractivity contribution in [3.05, 3.63) is 34.9 Å². The third-order valence-corrected chi connectivity index (χ3v) is 3.50. The van der Waals surface area contributed by atoms with Crippen molar-refractivity contribution in [1.29, 1.82) is 0 Å². The predicted octanol–water partition coefficient (Wildman–Crippen LogP) is 3.21. The first-order valence-electron chi connectivity index (χ1n) is 6.73. The lowest BCUT2D eigenvalue weighted by Crippen LogP contribution is -2.17. The van der Waals surface area contributed by atoms with E-state index in [1.807, 2.05) is 0 Å². The Hall–Kier alpha value is -1.46. The van der Waals surface area contributed by atoms with Gasteiger partial charge in [-0.05, 0) is 44.0 Å². The third-order valence-electron chi connectivity index (χ3n) is 3.21. The lowest BCUT2D eigenvalue weighted by Gasteiger charge is -1.99. The third kappa shape index (κ3) is 3.35. The van der Waals surface area contributed by atoms with E-state index in [0.29, 0.717) is 17.3 Å². The number of hydrogen-bond acceptors (Lipinski definition) is 4. The lowest BCUT2D eigenvalue weighted by molar-refractivity contribution is 0.491. The summed E-state index contributed by atoms with van der Waals surface area (Å²) < 4.78 is 18.6. The summed E-state index contributed by atoms with van der Waals surface area (Å²) in [6.07, 6.45) is 4.27. The molecule has 0 bridgehead atoms. The van der Waals surface area contributed by atoms with Crippen LogP contribution in [-0.2, 0) is 6.42 Å². The zero-order valence-corrected chi connectivity index (χ0v) is 11.7. The van der Waals surface area contributed by atoms with Crippen molar-refractivity contribution in [1.82, 2.24) is 15.5 Å². The van der Waals surface area contributed by atoms with Crippen molar-refractivity contribution < 1.29 is 8.81 Å². The van der Waals surface area contributed by atoms with Crippen LogP contribution in [0.3, 0.4) is 0 Å². The van der Waals surface area contributed by atoms with Gasteiger partial charge < -0.3 is 9.73 Å². The number of aromatic nitrogens is 2. The van der Waals surface area contributed by atoms with Crippen molar-refractivity contribution in [3.8, 4) is 11.5 Å². The summed E-state index contributed by atoms with van der Waals surface area (Å²) in [5.74, 6) is 0.511. The van der Waals surface area contributed by atoms with Gasteiger partial charge in [0.1, 0.15) is 5.82 Å². The molecule has 6 heteroatoms. The van der Waals surface area contributed by atoms with Gasteiger partial charge in [0, 0.05) is 18.0 Å². The van der Waals surface area contributed by atoms with Crippen LogP contribution in [0, 0.1) is 5.82 Å². The minimum atomic E-state index is -0.457. The second kappa shape index (κ2) is 5.89. The van der Waals surface area contributed by atoms with Crippen LogP contribution in [0.1, 0.15) is 25.2 Å². The molecule has 4 nitrogen and oxygen atoms in total. The average Bonchev–Trinajstić information content (AvgIpc) is 3.15. The highest BCUT2D eigenvalue weighted by Gasteiger charge is 2.19. The summed E-state index contributed by atoms with van der Waals surface area (Å²) in [7, 11) is 0. The number of nitrogens with one attached hydrogen (secondary N) is 1. The Kier molecular flexibility index (Phi) is 3.98. The Morgan fingerprint density at radius 1 is 1.35 bits per heavy atom. The van der Waals surface area contributed by atoms with Crippen LogP contribution < -0.4 is 5.32 Å². The molecule has 1 aliphatic carbocycles. The Bertz CT molecular complexity index is 598. The van der Waals surface area contributed by atoms with Crippen LogP contribution in [0.15, 0.2) is 22.6 Å². The molecule has 2 aromatic rings. The predicted molar refractivity (Wildman–Crippen MR) is 74.0 cm³/mol. The maximum Gasteiger partial charge on any atom is 0.247 e. The van der Waals surface area contributed by atoms with Crippen LogP contribution in [0.5, 0.6) is 0 Å². The zero-order valence-electron chi connectivity index (χ0n) is 10.9. The van der Waals surface area contributed by atoms with E-state index in [0.717, 1.165) is 25.4 Å². The number of benzene rings is 1. The van der Waals surface area contributed by atoms with Crippen molar-refractivity contribution >= 4 is 11.6 Å². The highest BCUT2D eigenvalue weighted by atomic mass is 35.5. The molecule has 0 atom stereocenters. The van der Waals surface area contributed by atoms with E-state index >= 15 is 0 Å². The van der Waals surface area contributed by atoms with E-state index in [-0.39, 0.29) is 5.02 Å². The number of halogens is 2. The van der Waals surface area contributed by atoms with Gasteiger partial charge in [0.15, 0.2) is 0 Å². The van der Waals surface area contributed by atoms with Gasteiger partial charge in [-0.3, -0.25) is 0 Å². The van der Waals surface area contributed by atoms with Gasteiger partial charge in [-0.2, -0.15) is 0 Å². The van der Waals surface area contributed by atoms with Gasteiger partial charge in [-0.25, -0.2) is 4.39 Å². The SMILES string of the molecule is Fc1ccc(-c2nnc(CCCNC3CC3)o2)cc1Cl. The first-order valence-corrected chi connectivity index (χ1v) is 7.11. The molecule has 1 fully saturated rings. The van der Waals surface area contributed by atoms with Gasteiger partial charge in [-0.15, -0.1) is 10.2 Å². The monoisotopic (exact) mass is 295 g/mol. The standard InChI is InChI=1S/C14H15ClFN3O/c15-11-8-9(3-6-12(11)16)14-19-18-13(20-14)2-1-7-17-10-4-5-10/h3,6,8,10,17H,1-2,4-5,7H2. The van der Waals surface area contributed by atoms with E-state index in [4.69, 9.17) is 16.0 Å². The van der Waals surface area contributed by atoms with Crippen molar-refractivity contribution in [2.45, 2.75) is 31.7 Å². The van der Waals surface area contributed by atoms with Gasteiger partial charge in [0.2, 0.25) is 11.8 Å². The summed E-state index contributed by atoms with van der Waals surface area (Å²) in [5.41, 5.74) is 0.631. The summed E-state index contributed by atoms with van der Waals surface area (Å²) in [4.78, 5) is 0. The number of rotatable bonds is 6. The van der Waals surface area contributed by atoms with Gasteiger partial charge in [0.25, 0.3) is 0 Å². The van der Waals surface area contributed by atoms with Crippen molar-refractivity contribution in [3.63, 3.8) is 0 Å². The topological polar surface area (TPSA) is 51.0 Å². The molecule has 1 saturated carbocycles. The van der Waals surface area contributed by atoms with Crippen LogP contribution in [0.4, 0.5) is 4.39 Å². The van der Waals surface area contributed by atoms with E-state index in [1.54, 1.807) is 6.07 Å². The summed E-state index contributed by atoms with van der Waals surface area (Å²) >= 11 is 5.74. The van der Waals surface area contributed by atoms with E-state index < -0.39 is 5.82 Å². The van der Waals surface area contributed by atoms with E-state index in [2.05, 4.69) is 15.5 Å². The molecule has 3 rings (SSSR count). The molecular formula is C14H15ClFN3O. The zero-order chi connectivity index (χ0) is 13.9. The molecule has 1 aliphatic rings. The summed E-state index contributed by atoms with van der Waals surface area (Å²) in [6.45, 7) is 0.963. The first kappa shape index (κ1) is 13.5. The van der Waals surface area contributed by atoms with Crippen LogP contribution >= 0.6 is 11.6 Å². The fourth-order valence-corrected chi connectivity index (χ4v) is 2.11. The molecule has 106 valence electrons. The highest BCUT2D eigenvalue weighted by Crippen LogP contribution is 2.24. The molecule has 1 aromatic heterocycles. The number of hydrogen-bond donors (Lipinski definition) is 1. The fourth-order valence-electron chi connectivity index (χ4n) is 1.93. The molecule has 1 heterocycles. The lowest BCUT2D eigenvalue weighted by atomic mass is 10.2. The van der Waals surface area contributed by atoms with Crippen molar-refractivity contribution in [2.24, 2.45) is 0 Å². The summed E-state index contributed by atoms with van der Waals surface area (Å²) in [6, 6.07) is 5.08. The minimum absolute atomic E-state index is 0.0517. The molecular weight excluding hydrogens is 281 g/mol. The van der Waals surface area contributed by atoms with E-state index in [9.17, 15) is 4.39 Å². The molecule has 0 spiro atoms. The molecule has 0 saturated heterocycles. The highest BCUT2D eigenvalue weighted by molar-refractivity contribution is 6.31. The van der Waals surface area contributed by atoms with E-state index in [1.165, 1.54) is 25.0 Å². The molecule has 0 amide bonds. The maximum atomic E-state index is 13.1. The van der Waals surface area contributed by atoms with Crippen LogP contribution in [0.25, 0.3) is 11.5 Å². The number of nitrogens with zero attached hydrogens (tertiary/aromatic N) is 2. The second-order valence-electron chi connectivity index (χ2n) is 4.96. The minimum Gasteiger partial charge on any atom is -0.421 e. The largest absolute Gasteiger partial charge is 0.421 e. The number of aryl methyl sites for hydroxylation is 1. The molecule has 1 aromatic carbocycles. The Morgan fingerprint density at radius 3 is 2.95 bits per heavy atom. The maximum absolute atomic E-state index is 13.1. The second-order valence-corrected chi connectivity index (χ2v) is 5.37. The molecule has 0 radical (unpaired) electrons. The van der Waals surface area contributed by atoms with Gasteiger partial charge >= 0.3 is 0 Å². The van der Waals surface area contributed by atoms with Crippen LogP contribution in [0.2, 0.25) is 5.02 Å². The van der Waals surface area contributed by atoms with Gasteiger partial charge in [-0.1, -0.05) is 11.6 Å². The average molecular weight is 296 g/mol. The fraction of sp³-hybridized carbons (Fsp3) is 0.429. The molecule has 20 heavy (non-hydrogen) atoms. The summed E-state index contributed by atoms with van der Waals surface area (Å²) in [5, 5.41) is 11.4. The quantitative estimate of drug-likeness (QED) is 0.831. The Labute approximate surface area is 121 Å². The normalized spacial score (nSPS) is 14.7. The Balaban J connectivity index is 1.58. The van der Waals surface area contributed by atoms with Crippen LogP contribution in [-0.4, -0.2) is 22.8 Å². The van der Waals surface area contributed by atoms with Gasteiger partial charge in [0.05, 0.1) is 5.02 Å². The van der Waals surface area contributed by atoms with Crippen molar-refractivity contribution in [2.75, 3.05) is 6.54 Å². The molecule has 0 aliphatic heterocycles.